The molecule has 1 saturated carbocycles. The van der Waals surface area contributed by atoms with Gasteiger partial charge in [0, 0.05) is 32.6 Å². The van der Waals surface area contributed by atoms with E-state index in [9.17, 15) is 9.59 Å². The highest BCUT2D eigenvalue weighted by atomic mass is 32.2. The van der Waals surface area contributed by atoms with Crippen molar-refractivity contribution >= 4 is 23.6 Å². The number of benzene rings is 1. The molecule has 0 N–H and O–H groups in total. The zero-order chi connectivity index (χ0) is 20.9. The summed E-state index contributed by atoms with van der Waals surface area (Å²) >= 11 is 1.42. The Labute approximate surface area is 181 Å². The maximum Gasteiger partial charge on any atom is 0.236 e. The molecule has 1 aliphatic carbocycles. The molecule has 2 aliphatic rings. The van der Waals surface area contributed by atoms with E-state index < -0.39 is 0 Å². The molecule has 4 rings (SSSR count). The second kappa shape index (κ2) is 9.59. The Morgan fingerprint density at radius 2 is 1.80 bits per heavy atom. The van der Waals surface area contributed by atoms with Crippen molar-refractivity contribution in [3.05, 3.63) is 35.9 Å². The fraction of sp³-hybridized carbons (Fsp3) is 0.571. The number of hydrogen-bond acceptors (Lipinski definition) is 6. The molecule has 8 nitrogen and oxygen atoms in total. The van der Waals surface area contributed by atoms with Crippen LogP contribution in [0, 0.1) is 0 Å². The lowest BCUT2D eigenvalue weighted by Crippen LogP contribution is -2.52. The molecule has 0 spiro atoms. The van der Waals surface area contributed by atoms with Crippen LogP contribution in [0.2, 0.25) is 0 Å². The summed E-state index contributed by atoms with van der Waals surface area (Å²) in [6.45, 7) is 4.28. The van der Waals surface area contributed by atoms with Crippen LogP contribution in [0.3, 0.4) is 0 Å². The van der Waals surface area contributed by atoms with Crippen LogP contribution in [0.1, 0.15) is 44.2 Å². The predicted octanol–water partition coefficient (Wildman–Crippen LogP) is 2.18. The predicted molar refractivity (Wildman–Crippen MR) is 114 cm³/mol. The van der Waals surface area contributed by atoms with Crippen LogP contribution in [0.15, 0.2) is 35.5 Å². The topological polar surface area (TPSA) is 84.2 Å². The van der Waals surface area contributed by atoms with Crippen LogP contribution in [-0.2, 0) is 16.0 Å². The van der Waals surface area contributed by atoms with Gasteiger partial charge in [-0.15, -0.1) is 5.10 Å². The number of aryl methyl sites for hydroxylation is 1. The van der Waals surface area contributed by atoms with Gasteiger partial charge < -0.3 is 9.80 Å². The number of nitrogens with zero attached hydrogens (tertiary/aromatic N) is 6. The molecule has 1 aliphatic heterocycles. The van der Waals surface area contributed by atoms with Crippen molar-refractivity contribution in [2.45, 2.75) is 55.5 Å². The second-order valence-electron chi connectivity index (χ2n) is 7.94. The fourth-order valence-corrected chi connectivity index (χ4v) is 4.64. The first-order valence-electron chi connectivity index (χ1n) is 10.7. The van der Waals surface area contributed by atoms with Crippen LogP contribution in [0.4, 0.5) is 0 Å². The van der Waals surface area contributed by atoms with Crippen molar-refractivity contribution in [1.82, 2.24) is 30.0 Å². The lowest BCUT2D eigenvalue weighted by Gasteiger charge is -2.35. The van der Waals surface area contributed by atoms with E-state index in [-0.39, 0.29) is 17.1 Å². The minimum atomic E-state index is -0.248. The van der Waals surface area contributed by atoms with Gasteiger partial charge in [0.15, 0.2) is 0 Å². The van der Waals surface area contributed by atoms with Gasteiger partial charge in [-0.25, -0.2) is 4.68 Å². The number of tetrazole rings is 1. The molecular formula is C21H28N6O2S. The molecule has 2 fully saturated rings. The third-order valence-corrected chi connectivity index (χ3v) is 6.66. The van der Waals surface area contributed by atoms with E-state index in [0.717, 1.165) is 25.7 Å². The summed E-state index contributed by atoms with van der Waals surface area (Å²) in [6.07, 6.45) is 4.52. The molecule has 0 radical (unpaired) electrons. The van der Waals surface area contributed by atoms with E-state index in [0.29, 0.717) is 43.8 Å². The normalized spacial score (nSPS) is 17.8. The van der Waals surface area contributed by atoms with Crippen LogP contribution in [0.5, 0.6) is 0 Å². The number of piperazine rings is 1. The van der Waals surface area contributed by atoms with Gasteiger partial charge in [-0.2, -0.15) is 0 Å². The summed E-state index contributed by atoms with van der Waals surface area (Å²) in [5, 5.41) is 12.3. The zero-order valence-electron chi connectivity index (χ0n) is 17.3. The summed E-state index contributed by atoms with van der Waals surface area (Å²) in [4.78, 5) is 29.1. The first-order valence-corrected chi connectivity index (χ1v) is 11.5. The first kappa shape index (κ1) is 20.8. The van der Waals surface area contributed by atoms with Crippen molar-refractivity contribution in [2.24, 2.45) is 0 Å². The van der Waals surface area contributed by atoms with Gasteiger partial charge in [0.1, 0.15) is 0 Å². The summed E-state index contributed by atoms with van der Waals surface area (Å²) in [5.41, 5.74) is 1.26. The molecule has 2 aromatic rings. The Balaban J connectivity index is 1.20. The van der Waals surface area contributed by atoms with Gasteiger partial charge >= 0.3 is 0 Å². The van der Waals surface area contributed by atoms with E-state index in [1.54, 1.807) is 0 Å². The van der Waals surface area contributed by atoms with Gasteiger partial charge in [0.2, 0.25) is 17.0 Å². The average molecular weight is 429 g/mol. The molecule has 0 bridgehead atoms. The number of carbonyl (C=O) groups excluding carboxylic acids is 2. The maximum atomic E-state index is 12.9. The van der Waals surface area contributed by atoms with E-state index in [2.05, 4.69) is 27.7 Å². The molecule has 1 aromatic carbocycles. The van der Waals surface area contributed by atoms with E-state index in [4.69, 9.17) is 0 Å². The summed E-state index contributed by atoms with van der Waals surface area (Å²) in [7, 11) is 0. The van der Waals surface area contributed by atoms with Gasteiger partial charge in [-0.05, 0) is 48.6 Å². The SMILES string of the molecule is CC(Sc1nnnn1C1CC1)C(=O)N1CCN(C(=O)CCCc2ccccc2)CC1. The summed E-state index contributed by atoms with van der Waals surface area (Å²) in [6, 6.07) is 10.6. The number of hydrogen-bond donors (Lipinski definition) is 0. The lowest BCUT2D eigenvalue weighted by atomic mass is 10.1. The van der Waals surface area contributed by atoms with Crippen molar-refractivity contribution < 1.29 is 9.59 Å². The third kappa shape index (κ3) is 5.19. The Hall–Kier alpha value is -2.42. The lowest BCUT2D eigenvalue weighted by molar-refractivity contribution is -0.139. The van der Waals surface area contributed by atoms with Gasteiger partial charge in [-0.3, -0.25) is 9.59 Å². The van der Waals surface area contributed by atoms with E-state index >= 15 is 0 Å². The van der Waals surface area contributed by atoms with E-state index in [1.807, 2.05) is 39.6 Å². The molecule has 160 valence electrons. The highest BCUT2D eigenvalue weighted by Crippen LogP contribution is 2.37. The molecule has 1 saturated heterocycles. The highest BCUT2D eigenvalue weighted by molar-refractivity contribution is 8.00. The Bertz CT molecular complexity index is 861. The molecule has 9 heteroatoms. The highest BCUT2D eigenvalue weighted by Gasteiger charge is 2.31. The first-order chi connectivity index (χ1) is 14.6. The molecule has 2 amide bonds. The number of rotatable bonds is 8. The molecule has 30 heavy (non-hydrogen) atoms. The number of thioether (sulfide) groups is 1. The quantitative estimate of drug-likeness (QED) is 0.599. The maximum absolute atomic E-state index is 12.9. The van der Waals surface area contributed by atoms with Crippen LogP contribution >= 0.6 is 11.8 Å². The summed E-state index contributed by atoms with van der Waals surface area (Å²) in [5.74, 6) is 0.269. The fourth-order valence-electron chi connectivity index (χ4n) is 3.70. The van der Waals surface area contributed by atoms with Crippen LogP contribution in [-0.4, -0.2) is 73.3 Å². The average Bonchev–Trinajstić information content (AvgIpc) is 3.52. The molecule has 1 atom stereocenters. The smallest absolute Gasteiger partial charge is 0.236 e. The van der Waals surface area contributed by atoms with Crippen molar-refractivity contribution in [1.29, 1.82) is 0 Å². The minimum Gasteiger partial charge on any atom is -0.339 e. The second-order valence-corrected chi connectivity index (χ2v) is 9.25. The molecule has 1 aromatic heterocycles. The Kier molecular flexibility index (Phi) is 6.66. The van der Waals surface area contributed by atoms with Crippen molar-refractivity contribution in [2.75, 3.05) is 26.2 Å². The van der Waals surface area contributed by atoms with Gasteiger partial charge in [0.25, 0.3) is 0 Å². The Morgan fingerprint density at radius 3 is 2.50 bits per heavy atom. The van der Waals surface area contributed by atoms with Crippen molar-refractivity contribution in [3.8, 4) is 0 Å². The number of aromatic nitrogens is 4. The zero-order valence-corrected chi connectivity index (χ0v) is 18.1. The molecule has 1 unspecified atom stereocenters. The van der Waals surface area contributed by atoms with Crippen LogP contribution in [0.25, 0.3) is 0 Å². The minimum absolute atomic E-state index is 0.0847. The van der Waals surface area contributed by atoms with E-state index in [1.165, 1.54) is 17.3 Å². The van der Waals surface area contributed by atoms with Crippen molar-refractivity contribution in [3.63, 3.8) is 0 Å². The largest absolute Gasteiger partial charge is 0.339 e. The van der Waals surface area contributed by atoms with Gasteiger partial charge in [-0.1, -0.05) is 42.1 Å². The Morgan fingerprint density at radius 1 is 1.10 bits per heavy atom. The van der Waals surface area contributed by atoms with Crippen LogP contribution < -0.4 is 0 Å². The monoisotopic (exact) mass is 428 g/mol. The number of amides is 2. The third-order valence-electron chi connectivity index (χ3n) is 5.63. The number of carbonyl (C=O) groups is 2. The van der Waals surface area contributed by atoms with Gasteiger partial charge in [0.05, 0.1) is 11.3 Å². The summed E-state index contributed by atoms with van der Waals surface area (Å²) < 4.78 is 1.83. The molecular weight excluding hydrogens is 400 g/mol. The standard InChI is InChI=1S/C21H28N6O2S/c1-16(30-21-22-23-24-27(21)18-10-11-18)20(29)26-14-12-25(13-15-26)19(28)9-5-8-17-6-3-2-4-7-17/h2-4,6-7,16,18H,5,8-15H2,1H3. The molecule has 2 heterocycles.